The van der Waals surface area contributed by atoms with E-state index in [0.717, 1.165) is 24.3 Å². The van der Waals surface area contributed by atoms with Crippen LogP contribution in [0.2, 0.25) is 0 Å². The maximum absolute atomic E-state index is 11.9. The molecule has 0 aliphatic carbocycles. The molecule has 9 nitrogen and oxygen atoms in total. The van der Waals surface area contributed by atoms with Gasteiger partial charge in [0, 0.05) is 39.0 Å². The minimum absolute atomic E-state index is 0.189. The minimum atomic E-state index is -0.189. The van der Waals surface area contributed by atoms with Crippen molar-refractivity contribution in [1.29, 1.82) is 0 Å². The van der Waals surface area contributed by atoms with Gasteiger partial charge < -0.3 is 25.4 Å². The number of methoxy groups -OCH3 is 1. The summed E-state index contributed by atoms with van der Waals surface area (Å²) in [7, 11) is 1.65. The number of aromatic nitrogens is 2. The van der Waals surface area contributed by atoms with Crippen molar-refractivity contribution >= 4 is 11.9 Å². The van der Waals surface area contributed by atoms with Crippen LogP contribution < -0.4 is 20.7 Å². The molecule has 0 saturated carbocycles. The van der Waals surface area contributed by atoms with Crippen molar-refractivity contribution in [3.8, 4) is 5.75 Å². The zero-order valence-corrected chi connectivity index (χ0v) is 17.0. The molecule has 9 heteroatoms. The molecule has 1 aromatic carbocycles. The number of ether oxygens (including phenoxy) is 2. The first-order valence-corrected chi connectivity index (χ1v) is 9.73. The van der Waals surface area contributed by atoms with Crippen molar-refractivity contribution in [1.82, 2.24) is 26.1 Å². The van der Waals surface area contributed by atoms with E-state index in [2.05, 4.69) is 31.1 Å². The highest BCUT2D eigenvalue weighted by Gasteiger charge is 2.05. The number of guanidine groups is 1. The summed E-state index contributed by atoms with van der Waals surface area (Å²) in [4.78, 5) is 16.5. The Balaban J connectivity index is 1.81. The maximum atomic E-state index is 11.9. The second-order valence-electron chi connectivity index (χ2n) is 6.14. The fourth-order valence-corrected chi connectivity index (χ4v) is 2.44. The fourth-order valence-electron chi connectivity index (χ4n) is 2.44. The minimum Gasteiger partial charge on any atom is -0.497 e. The molecule has 29 heavy (non-hydrogen) atoms. The molecular weight excluding hydrogens is 372 g/mol. The Bertz CT molecular complexity index is 731. The fraction of sp³-hybridized carbons (Fsp3) is 0.450. The molecule has 0 saturated heterocycles. The van der Waals surface area contributed by atoms with Crippen LogP contribution in [0.15, 0.2) is 41.5 Å². The number of nitrogens with zero attached hydrogens (tertiary/aromatic N) is 2. The molecule has 1 heterocycles. The van der Waals surface area contributed by atoms with Crippen LogP contribution in [0, 0.1) is 0 Å². The van der Waals surface area contributed by atoms with E-state index in [1.807, 2.05) is 31.2 Å². The van der Waals surface area contributed by atoms with Gasteiger partial charge in [-0.3, -0.25) is 9.89 Å². The van der Waals surface area contributed by atoms with Crippen LogP contribution >= 0.6 is 0 Å². The lowest BCUT2D eigenvalue weighted by Gasteiger charge is -2.13. The highest BCUT2D eigenvalue weighted by atomic mass is 16.5. The van der Waals surface area contributed by atoms with Crippen LogP contribution in [0.5, 0.6) is 5.75 Å². The predicted molar refractivity (Wildman–Crippen MR) is 112 cm³/mol. The van der Waals surface area contributed by atoms with Crippen LogP contribution in [-0.4, -0.2) is 62.0 Å². The summed E-state index contributed by atoms with van der Waals surface area (Å²) in [6.45, 7) is 5.68. The number of nitrogens with one attached hydrogen (secondary N) is 4. The quantitative estimate of drug-likeness (QED) is 0.242. The normalized spacial score (nSPS) is 11.2. The molecule has 1 aromatic heterocycles. The SMILES string of the molecule is CCOCCCNC(=NCc1ccc(OC)cc1)NCCNC(=O)c1ccn[nH]1. The molecule has 0 aliphatic heterocycles. The van der Waals surface area contributed by atoms with E-state index in [0.29, 0.717) is 44.5 Å². The summed E-state index contributed by atoms with van der Waals surface area (Å²) in [5, 5.41) is 15.8. The molecule has 0 radical (unpaired) electrons. The van der Waals surface area contributed by atoms with Crippen LogP contribution in [0.25, 0.3) is 0 Å². The lowest BCUT2D eigenvalue weighted by molar-refractivity contribution is 0.0949. The monoisotopic (exact) mass is 402 g/mol. The van der Waals surface area contributed by atoms with E-state index in [9.17, 15) is 4.79 Å². The third kappa shape index (κ3) is 8.65. The van der Waals surface area contributed by atoms with Gasteiger partial charge in [-0.1, -0.05) is 12.1 Å². The average molecular weight is 402 g/mol. The van der Waals surface area contributed by atoms with Gasteiger partial charge in [0.15, 0.2) is 5.96 Å². The lowest BCUT2D eigenvalue weighted by Crippen LogP contribution is -2.42. The summed E-state index contributed by atoms with van der Waals surface area (Å²) in [5.74, 6) is 1.32. The summed E-state index contributed by atoms with van der Waals surface area (Å²) in [6, 6.07) is 9.43. The van der Waals surface area contributed by atoms with Gasteiger partial charge in [0.1, 0.15) is 11.4 Å². The zero-order valence-electron chi connectivity index (χ0n) is 17.0. The highest BCUT2D eigenvalue weighted by molar-refractivity contribution is 5.92. The number of hydrogen-bond acceptors (Lipinski definition) is 5. The molecule has 0 unspecified atom stereocenters. The van der Waals surface area contributed by atoms with Gasteiger partial charge in [-0.25, -0.2) is 4.99 Å². The van der Waals surface area contributed by atoms with E-state index in [1.165, 1.54) is 0 Å². The van der Waals surface area contributed by atoms with Crippen LogP contribution in [0.1, 0.15) is 29.4 Å². The average Bonchev–Trinajstić information content (AvgIpc) is 3.29. The summed E-state index contributed by atoms with van der Waals surface area (Å²) < 4.78 is 10.5. The van der Waals surface area contributed by atoms with E-state index in [1.54, 1.807) is 19.4 Å². The largest absolute Gasteiger partial charge is 0.497 e. The smallest absolute Gasteiger partial charge is 0.269 e. The van der Waals surface area contributed by atoms with Gasteiger partial charge in [-0.15, -0.1) is 0 Å². The number of aromatic amines is 1. The molecule has 0 fully saturated rings. The van der Waals surface area contributed by atoms with Gasteiger partial charge in [0.2, 0.25) is 0 Å². The van der Waals surface area contributed by atoms with Crippen LogP contribution in [0.4, 0.5) is 0 Å². The van der Waals surface area contributed by atoms with Crippen LogP contribution in [0.3, 0.4) is 0 Å². The molecular formula is C20H30N6O3. The topological polar surface area (TPSA) is 113 Å². The number of benzene rings is 1. The third-order valence-corrected chi connectivity index (χ3v) is 3.99. The summed E-state index contributed by atoms with van der Waals surface area (Å²) in [5.41, 5.74) is 1.52. The Labute approximate surface area is 171 Å². The van der Waals surface area contributed by atoms with E-state index in [4.69, 9.17) is 9.47 Å². The number of carbonyl (C=O) groups is 1. The van der Waals surface area contributed by atoms with Gasteiger partial charge in [-0.05, 0) is 37.1 Å². The van der Waals surface area contributed by atoms with E-state index in [-0.39, 0.29) is 5.91 Å². The second-order valence-corrected chi connectivity index (χ2v) is 6.14. The number of aliphatic imine (C=N–C) groups is 1. The highest BCUT2D eigenvalue weighted by Crippen LogP contribution is 2.11. The number of hydrogen-bond donors (Lipinski definition) is 4. The predicted octanol–water partition coefficient (Wildman–Crippen LogP) is 1.31. The second kappa shape index (κ2) is 13.2. The number of carbonyl (C=O) groups excluding carboxylic acids is 1. The van der Waals surface area contributed by atoms with Crippen molar-refractivity contribution in [2.24, 2.45) is 4.99 Å². The standard InChI is InChI=1S/C20H30N6O3/c1-3-29-14-4-10-22-20(24-15-16-5-7-17(28-2)8-6-16)23-13-12-21-19(27)18-9-11-25-26-18/h5-9,11H,3-4,10,12-15H2,1-2H3,(H,21,27)(H,25,26)(H2,22,23,24). The molecule has 1 amide bonds. The molecule has 0 bridgehead atoms. The number of amides is 1. The van der Waals surface area contributed by atoms with Crippen LogP contribution in [-0.2, 0) is 11.3 Å². The maximum Gasteiger partial charge on any atom is 0.269 e. The van der Waals surface area contributed by atoms with E-state index < -0.39 is 0 Å². The summed E-state index contributed by atoms with van der Waals surface area (Å²) >= 11 is 0. The van der Waals surface area contributed by atoms with Gasteiger partial charge in [0.05, 0.1) is 13.7 Å². The first kappa shape index (κ1) is 22.2. The third-order valence-electron chi connectivity index (χ3n) is 3.99. The Hall–Kier alpha value is -3.07. The first-order chi connectivity index (χ1) is 14.2. The Morgan fingerprint density at radius 1 is 1.10 bits per heavy atom. The molecule has 0 atom stereocenters. The Morgan fingerprint density at radius 2 is 1.86 bits per heavy atom. The molecule has 0 aliphatic rings. The van der Waals surface area contributed by atoms with Crippen molar-refractivity contribution in [2.45, 2.75) is 19.9 Å². The molecule has 0 spiro atoms. The first-order valence-electron chi connectivity index (χ1n) is 9.73. The molecule has 2 aromatic rings. The Kier molecular flexibility index (Phi) is 10.1. The molecule has 2 rings (SSSR count). The molecule has 158 valence electrons. The van der Waals surface area contributed by atoms with Crippen molar-refractivity contribution in [3.05, 3.63) is 47.8 Å². The van der Waals surface area contributed by atoms with Gasteiger partial charge in [-0.2, -0.15) is 5.10 Å². The Morgan fingerprint density at radius 3 is 2.55 bits per heavy atom. The molecule has 4 N–H and O–H groups in total. The van der Waals surface area contributed by atoms with Gasteiger partial charge >= 0.3 is 0 Å². The lowest BCUT2D eigenvalue weighted by atomic mass is 10.2. The summed E-state index contributed by atoms with van der Waals surface area (Å²) in [6.07, 6.45) is 2.43. The van der Waals surface area contributed by atoms with Crippen molar-refractivity contribution in [2.75, 3.05) is 40.0 Å². The number of H-pyrrole nitrogens is 1. The van der Waals surface area contributed by atoms with Gasteiger partial charge in [0.25, 0.3) is 5.91 Å². The zero-order chi connectivity index (χ0) is 20.7. The van der Waals surface area contributed by atoms with Crippen molar-refractivity contribution < 1.29 is 14.3 Å². The van der Waals surface area contributed by atoms with Crippen molar-refractivity contribution in [3.63, 3.8) is 0 Å². The number of rotatable bonds is 12. The van der Waals surface area contributed by atoms with E-state index >= 15 is 0 Å².